The lowest BCUT2D eigenvalue weighted by Crippen LogP contribution is -1.96. The van der Waals surface area contributed by atoms with Crippen LogP contribution in [0.15, 0.2) is 42.5 Å². The Morgan fingerprint density at radius 3 is 2.56 bits per heavy atom. The van der Waals surface area contributed by atoms with Gasteiger partial charge in [0.25, 0.3) is 0 Å². The van der Waals surface area contributed by atoms with E-state index in [1.807, 2.05) is 6.07 Å². The molecule has 0 heterocycles. The SMILES string of the molecule is Fc1cccc(CC(Br)c2ccc(F)c(Cl)c2)c1. The fourth-order valence-electron chi connectivity index (χ4n) is 1.70. The maximum absolute atomic E-state index is 13.1. The van der Waals surface area contributed by atoms with E-state index in [0.717, 1.165) is 11.1 Å². The van der Waals surface area contributed by atoms with Gasteiger partial charge in [-0.05, 0) is 41.8 Å². The van der Waals surface area contributed by atoms with Crippen LogP contribution in [-0.4, -0.2) is 0 Å². The Morgan fingerprint density at radius 1 is 1.11 bits per heavy atom. The Bertz CT molecular complexity index is 557. The van der Waals surface area contributed by atoms with E-state index in [9.17, 15) is 8.78 Å². The van der Waals surface area contributed by atoms with Gasteiger partial charge in [-0.25, -0.2) is 8.78 Å². The Hall–Kier alpha value is -0.930. The molecule has 0 N–H and O–H groups in total. The molecule has 0 aliphatic carbocycles. The summed E-state index contributed by atoms with van der Waals surface area (Å²) < 4.78 is 26.1. The second kappa shape index (κ2) is 5.81. The molecule has 18 heavy (non-hydrogen) atoms. The van der Waals surface area contributed by atoms with Gasteiger partial charge in [0.2, 0.25) is 0 Å². The van der Waals surface area contributed by atoms with E-state index in [0.29, 0.717) is 6.42 Å². The van der Waals surface area contributed by atoms with Gasteiger partial charge in [0, 0.05) is 4.83 Å². The summed E-state index contributed by atoms with van der Waals surface area (Å²) in [5, 5.41) is 0.0937. The second-order valence-corrected chi connectivity index (χ2v) is 5.49. The van der Waals surface area contributed by atoms with Crippen LogP contribution >= 0.6 is 27.5 Å². The molecule has 0 spiro atoms. The highest BCUT2D eigenvalue weighted by atomic mass is 79.9. The molecule has 0 amide bonds. The van der Waals surface area contributed by atoms with Crippen LogP contribution in [0.5, 0.6) is 0 Å². The lowest BCUT2D eigenvalue weighted by atomic mass is 10.0. The average Bonchev–Trinajstić information content (AvgIpc) is 2.32. The van der Waals surface area contributed by atoms with Gasteiger partial charge >= 0.3 is 0 Å². The molecule has 0 fully saturated rings. The lowest BCUT2D eigenvalue weighted by molar-refractivity contribution is 0.625. The van der Waals surface area contributed by atoms with Crippen molar-refractivity contribution in [1.29, 1.82) is 0 Å². The quantitative estimate of drug-likeness (QED) is 0.670. The first-order chi connectivity index (χ1) is 8.56. The number of hydrogen-bond donors (Lipinski definition) is 0. The standard InChI is InChI=1S/C14H10BrClF2/c15-12(7-9-2-1-3-11(17)6-9)10-4-5-14(18)13(16)8-10/h1-6,8,12H,7H2. The molecule has 0 nitrogen and oxygen atoms in total. The minimum Gasteiger partial charge on any atom is -0.207 e. The predicted octanol–water partition coefficient (Wildman–Crippen LogP) is 5.30. The summed E-state index contributed by atoms with van der Waals surface area (Å²) in [6.07, 6.45) is 0.611. The number of halogens is 4. The molecule has 2 aromatic rings. The van der Waals surface area contributed by atoms with Crippen LogP contribution < -0.4 is 0 Å². The predicted molar refractivity (Wildman–Crippen MR) is 73.2 cm³/mol. The van der Waals surface area contributed by atoms with Crippen LogP contribution in [0, 0.1) is 11.6 Å². The van der Waals surface area contributed by atoms with Crippen molar-refractivity contribution in [2.45, 2.75) is 11.2 Å². The van der Waals surface area contributed by atoms with E-state index in [4.69, 9.17) is 11.6 Å². The third-order valence-corrected chi connectivity index (χ3v) is 3.75. The van der Waals surface area contributed by atoms with Gasteiger partial charge in [0.1, 0.15) is 11.6 Å². The maximum atomic E-state index is 13.1. The fraction of sp³-hybridized carbons (Fsp3) is 0.143. The topological polar surface area (TPSA) is 0 Å². The van der Waals surface area contributed by atoms with Gasteiger partial charge in [-0.2, -0.15) is 0 Å². The zero-order valence-electron chi connectivity index (χ0n) is 9.34. The summed E-state index contributed by atoms with van der Waals surface area (Å²) in [4.78, 5) is -0.0302. The van der Waals surface area contributed by atoms with Crippen molar-refractivity contribution in [1.82, 2.24) is 0 Å². The smallest absolute Gasteiger partial charge is 0.141 e. The van der Waals surface area contributed by atoms with Gasteiger partial charge < -0.3 is 0 Å². The number of rotatable bonds is 3. The van der Waals surface area contributed by atoms with Crippen LogP contribution in [0.2, 0.25) is 5.02 Å². The zero-order chi connectivity index (χ0) is 13.1. The van der Waals surface area contributed by atoms with Gasteiger partial charge in [0.15, 0.2) is 0 Å². The summed E-state index contributed by atoms with van der Waals surface area (Å²) in [6, 6.07) is 11.0. The van der Waals surface area contributed by atoms with Crippen molar-refractivity contribution in [3.8, 4) is 0 Å². The van der Waals surface area contributed by atoms with Crippen molar-refractivity contribution in [2.24, 2.45) is 0 Å². The molecule has 0 aliphatic heterocycles. The van der Waals surface area contributed by atoms with E-state index in [-0.39, 0.29) is 15.7 Å². The molecule has 0 bridgehead atoms. The number of benzene rings is 2. The van der Waals surface area contributed by atoms with Crippen molar-refractivity contribution >= 4 is 27.5 Å². The molecule has 2 rings (SSSR count). The first-order valence-electron chi connectivity index (χ1n) is 5.40. The minimum absolute atomic E-state index is 0.0302. The molecule has 1 unspecified atom stereocenters. The van der Waals surface area contributed by atoms with Gasteiger partial charge in [-0.3, -0.25) is 0 Å². The molecular formula is C14H10BrClF2. The third-order valence-electron chi connectivity index (χ3n) is 2.61. The first kappa shape index (κ1) is 13.5. The van der Waals surface area contributed by atoms with E-state index >= 15 is 0 Å². The summed E-state index contributed by atoms with van der Waals surface area (Å²) in [6.45, 7) is 0. The molecule has 0 aromatic heterocycles. The molecule has 0 radical (unpaired) electrons. The lowest BCUT2D eigenvalue weighted by Gasteiger charge is -2.11. The molecule has 0 aliphatic rings. The minimum atomic E-state index is -0.439. The molecule has 0 saturated heterocycles. The van der Waals surface area contributed by atoms with Gasteiger partial charge in [-0.15, -0.1) is 0 Å². The Balaban J connectivity index is 2.16. The van der Waals surface area contributed by atoms with Crippen molar-refractivity contribution in [3.05, 3.63) is 70.2 Å². The zero-order valence-corrected chi connectivity index (χ0v) is 11.7. The monoisotopic (exact) mass is 330 g/mol. The fourth-order valence-corrected chi connectivity index (χ4v) is 2.54. The second-order valence-electron chi connectivity index (χ2n) is 3.98. The summed E-state index contributed by atoms with van der Waals surface area (Å²) in [5.41, 5.74) is 1.74. The van der Waals surface area contributed by atoms with E-state index in [1.165, 1.54) is 18.2 Å². The van der Waals surface area contributed by atoms with Crippen LogP contribution in [0.3, 0.4) is 0 Å². The largest absolute Gasteiger partial charge is 0.207 e. The highest BCUT2D eigenvalue weighted by Crippen LogP contribution is 2.29. The molecule has 4 heteroatoms. The molecule has 1 atom stereocenters. The van der Waals surface area contributed by atoms with Crippen LogP contribution in [0.4, 0.5) is 8.78 Å². The molecular weight excluding hydrogens is 322 g/mol. The van der Waals surface area contributed by atoms with Crippen molar-refractivity contribution in [3.63, 3.8) is 0 Å². The van der Waals surface area contributed by atoms with E-state index in [2.05, 4.69) is 15.9 Å². The third kappa shape index (κ3) is 3.30. The summed E-state index contributed by atoms with van der Waals surface area (Å²) in [7, 11) is 0. The van der Waals surface area contributed by atoms with Crippen LogP contribution in [0.25, 0.3) is 0 Å². The normalized spacial score (nSPS) is 12.4. The van der Waals surface area contributed by atoms with Crippen LogP contribution in [-0.2, 0) is 6.42 Å². The number of hydrogen-bond acceptors (Lipinski definition) is 0. The Morgan fingerprint density at radius 2 is 1.89 bits per heavy atom. The molecule has 0 saturated carbocycles. The van der Waals surface area contributed by atoms with Gasteiger partial charge in [0.05, 0.1) is 5.02 Å². The average molecular weight is 332 g/mol. The molecule has 94 valence electrons. The van der Waals surface area contributed by atoms with E-state index in [1.54, 1.807) is 18.2 Å². The Kier molecular flexibility index (Phi) is 4.36. The highest BCUT2D eigenvalue weighted by Gasteiger charge is 2.11. The van der Waals surface area contributed by atoms with Crippen molar-refractivity contribution in [2.75, 3.05) is 0 Å². The highest BCUT2D eigenvalue weighted by molar-refractivity contribution is 9.09. The van der Waals surface area contributed by atoms with Crippen LogP contribution in [0.1, 0.15) is 16.0 Å². The van der Waals surface area contributed by atoms with Gasteiger partial charge in [-0.1, -0.05) is 45.7 Å². The molecule has 2 aromatic carbocycles. The number of alkyl halides is 1. The maximum Gasteiger partial charge on any atom is 0.141 e. The van der Waals surface area contributed by atoms with Crippen molar-refractivity contribution < 1.29 is 8.78 Å². The Labute approximate surface area is 118 Å². The van der Waals surface area contributed by atoms with E-state index < -0.39 is 5.82 Å². The first-order valence-corrected chi connectivity index (χ1v) is 6.69. The summed E-state index contributed by atoms with van der Waals surface area (Å²) in [5.74, 6) is -0.699. The summed E-state index contributed by atoms with van der Waals surface area (Å²) >= 11 is 9.23.